The van der Waals surface area contributed by atoms with Crippen LogP contribution in [0.2, 0.25) is 0 Å². The van der Waals surface area contributed by atoms with Gasteiger partial charge in [-0.1, -0.05) is 31.2 Å². The van der Waals surface area contributed by atoms with Gasteiger partial charge in [0.25, 0.3) is 0 Å². The van der Waals surface area contributed by atoms with Crippen LogP contribution >= 0.6 is 0 Å². The van der Waals surface area contributed by atoms with Gasteiger partial charge in [0, 0.05) is 29.8 Å². The number of carbonyl (C=O) groups is 2. The first kappa shape index (κ1) is 17.8. The van der Waals surface area contributed by atoms with E-state index in [0.29, 0.717) is 24.4 Å². The number of benzene rings is 2. The second-order valence-corrected chi connectivity index (χ2v) is 6.26. The van der Waals surface area contributed by atoms with E-state index in [0.717, 1.165) is 23.3 Å². The van der Waals surface area contributed by atoms with Gasteiger partial charge in [-0.3, -0.25) is 4.79 Å². The maximum Gasteiger partial charge on any atom is 0.319 e. The SMILES string of the molecule is CCC(=O)Nc1ccc(C)c(NC(=O)N[C@@H]2CCOc3ccccc32)c1. The molecule has 0 aliphatic carbocycles. The Bertz CT molecular complexity index is 820. The number of anilines is 2. The number of carbonyl (C=O) groups excluding carboxylic acids is 2. The standard InChI is InChI=1S/C20H23N3O3/c1-3-19(24)21-14-9-8-13(2)17(12-14)23-20(25)22-16-10-11-26-18-7-5-4-6-15(16)18/h4-9,12,16H,3,10-11H2,1-2H3,(H,21,24)(H2,22,23,25)/t16-/m1/s1. The third-order valence-corrected chi connectivity index (χ3v) is 4.35. The number of amides is 3. The molecule has 2 aromatic carbocycles. The summed E-state index contributed by atoms with van der Waals surface area (Å²) in [6, 6.07) is 12.8. The summed E-state index contributed by atoms with van der Waals surface area (Å²) in [6.07, 6.45) is 1.12. The van der Waals surface area contributed by atoms with Crippen molar-refractivity contribution in [1.82, 2.24) is 5.32 Å². The van der Waals surface area contributed by atoms with Crippen LogP contribution in [0.15, 0.2) is 42.5 Å². The molecular weight excluding hydrogens is 330 g/mol. The maximum atomic E-state index is 12.5. The van der Waals surface area contributed by atoms with E-state index < -0.39 is 0 Å². The summed E-state index contributed by atoms with van der Waals surface area (Å²) in [4.78, 5) is 24.0. The zero-order valence-electron chi connectivity index (χ0n) is 15.0. The van der Waals surface area contributed by atoms with Crippen molar-refractivity contribution in [3.8, 4) is 5.75 Å². The maximum absolute atomic E-state index is 12.5. The highest BCUT2D eigenvalue weighted by molar-refractivity contribution is 5.94. The molecule has 1 heterocycles. The lowest BCUT2D eigenvalue weighted by Gasteiger charge is -2.26. The fourth-order valence-corrected chi connectivity index (χ4v) is 2.89. The van der Waals surface area contributed by atoms with Crippen LogP contribution in [0.4, 0.5) is 16.2 Å². The first-order valence-electron chi connectivity index (χ1n) is 8.76. The number of ether oxygens (including phenoxy) is 1. The van der Waals surface area contributed by atoms with Crippen molar-refractivity contribution in [2.45, 2.75) is 32.7 Å². The van der Waals surface area contributed by atoms with E-state index in [9.17, 15) is 9.59 Å². The van der Waals surface area contributed by atoms with Crippen molar-refractivity contribution in [1.29, 1.82) is 0 Å². The van der Waals surface area contributed by atoms with Crippen molar-refractivity contribution in [2.75, 3.05) is 17.2 Å². The molecule has 6 nitrogen and oxygen atoms in total. The summed E-state index contributed by atoms with van der Waals surface area (Å²) < 4.78 is 5.62. The minimum atomic E-state index is -0.284. The first-order chi connectivity index (χ1) is 12.6. The largest absolute Gasteiger partial charge is 0.493 e. The van der Waals surface area contributed by atoms with Crippen LogP contribution < -0.4 is 20.7 Å². The fourth-order valence-electron chi connectivity index (χ4n) is 2.89. The van der Waals surface area contributed by atoms with E-state index in [1.165, 1.54) is 0 Å². The average molecular weight is 353 g/mol. The van der Waals surface area contributed by atoms with Gasteiger partial charge in [-0.15, -0.1) is 0 Å². The Balaban J connectivity index is 1.69. The van der Waals surface area contributed by atoms with E-state index in [1.807, 2.05) is 43.3 Å². The Morgan fingerprint density at radius 2 is 1.96 bits per heavy atom. The van der Waals surface area contributed by atoms with Crippen molar-refractivity contribution < 1.29 is 14.3 Å². The number of hydrogen-bond donors (Lipinski definition) is 3. The summed E-state index contributed by atoms with van der Waals surface area (Å²) in [6.45, 7) is 4.27. The second kappa shape index (κ2) is 7.91. The van der Waals surface area contributed by atoms with Gasteiger partial charge in [-0.25, -0.2) is 4.79 Å². The highest BCUT2D eigenvalue weighted by Gasteiger charge is 2.22. The molecular formula is C20H23N3O3. The number of nitrogens with one attached hydrogen (secondary N) is 3. The molecule has 1 atom stereocenters. The number of urea groups is 1. The highest BCUT2D eigenvalue weighted by atomic mass is 16.5. The van der Waals surface area contributed by atoms with E-state index in [1.54, 1.807) is 13.0 Å². The van der Waals surface area contributed by atoms with Gasteiger partial charge in [-0.05, 0) is 30.7 Å². The molecule has 0 unspecified atom stereocenters. The lowest BCUT2D eigenvalue weighted by atomic mass is 10.0. The molecule has 136 valence electrons. The Kier molecular flexibility index (Phi) is 5.41. The van der Waals surface area contributed by atoms with Crippen molar-refractivity contribution in [3.63, 3.8) is 0 Å². The predicted octanol–water partition coefficient (Wildman–Crippen LogP) is 3.99. The molecule has 6 heteroatoms. The Labute approximate surface area is 152 Å². The molecule has 3 N–H and O–H groups in total. The molecule has 0 spiro atoms. The van der Waals surface area contributed by atoms with Gasteiger partial charge in [-0.2, -0.15) is 0 Å². The van der Waals surface area contributed by atoms with E-state index in [2.05, 4.69) is 16.0 Å². The number of para-hydroxylation sites is 1. The summed E-state index contributed by atoms with van der Waals surface area (Å²) in [5, 5.41) is 8.68. The normalized spacial score (nSPS) is 15.4. The molecule has 26 heavy (non-hydrogen) atoms. The monoisotopic (exact) mass is 353 g/mol. The molecule has 0 fully saturated rings. The van der Waals surface area contributed by atoms with Gasteiger partial charge in [0.1, 0.15) is 5.75 Å². The average Bonchev–Trinajstić information content (AvgIpc) is 2.64. The van der Waals surface area contributed by atoms with Crippen molar-refractivity contribution in [3.05, 3.63) is 53.6 Å². The van der Waals surface area contributed by atoms with E-state index in [4.69, 9.17) is 4.74 Å². The Hall–Kier alpha value is -3.02. The number of fused-ring (bicyclic) bond motifs is 1. The first-order valence-corrected chi connectivity index (χ1v) is 8.76. The highest BCUT2D eigenvalue weighted by Crippen LogP contribution is 2.31. The van der Waals surface area contributed by atoms with Gasteiger partial charge < -0.3 is 20.7 Å². The Morgan fingerprint density at radius 1 is 1.15 bits per heavy atom. The minimum absolute atomic E-state index is 0.0666. The number of rotatable bonds is 4. The van der Waals surface area contributed by atoms with E-state index >= 15 is 0 Å². The van der Waals surface area contributed by atoms with Crippen LogP contribution in [-0.2, 0) is 4.79 Å². The molecule has 0 saturated carbocycles. The van der Waals surface area contributed by atoms with Gasteiger partial charge in [0.05, 0.1) is 12.6 Å². The van der Waals surface area contributed by atoms with Crippen LogP contribution in [0.25, 0.3) is 0 Å². The third-order valence-electron chi connectivity index (χ3n) is 4.35. The van der Waals surface area contributed by atoms with Crippen LogP contribution in [0.5, 0.6) is 5.75 Å². The molecule has 3 amide bonds. The zero-order valence-corrected chi connectivity index (χ0v) is 15.0. The topological polar surface area (TPSA) is 79.5 Å². The minimum Gasteiger partial charge on any atom is -0.493 e. The Morgan fingerprint density at radius 3 is 2.77 bits per heavy atom. The smallest absolute Gasteiger partial charge is 0.319 e. The molecule has 2 aromatic rings. The zero-order chi connectivity index (χ0) is 18.5. The van der Waals surface area contributed by atoms with Gasteiger partial charge >= 0.3 is 6.03 Å². The summed E-state index contributed by atoms with van der Waals surface area (Å²) in [5.74, 6) is 0.743. The molecule has 1 aliphatic heterocycles. The molecule has 0 saturated heterocycles. The molecule has 0 radical (unpaired) electrons. The van der Waals surface area contributed by atoms with Crippen LogP contribution in [0, 0.1) is 6.92 Å². The predicted molar refractivity (Wildman–Crippen MR) is 102 cm³/mol. The van der Waals surface area contributed by atoms with Crippen LogP contribution in [-0.4, -0.2) is 18.5 Å². The summed E-state index contributed by atoms with van der Waals surface area (Å²) in [5.41, 5.74) is 3.22. The lowest BCUT2D eigenvalue weighted by molar-refractivity contribution is -0.115. The summed E-state index contributed by atoms with van der Waals surface area (Å²) >= 11 is 0. The molecule has 0 aromatic heterocycles. The van der Waals surface area contributed by atoms with Crippen molar-refractivity contribution >= 4 is 23.3 Å². The van der Waals surface area contributed by atoms with Crippen molar-refractivity contribution in [2.24, 2.45) is 0 Å². The van der Waals surface area contributed by atoms with Crippen LogP contribution in [0.1, 0.15) is 36.9 Å². The lowest BCUT2D eigenvalue weighted by Crippen LogP contribution is -2.35. The third kappa shape index (κ3) is 4.14. The fraction of sp³-hybridized carbons (Fsp3) is 0.300. The van der Waals surface area contributed by atoms with Gasteiger partial charge in [0.15, 0.2) is 0 Å². The second-order valence-electron chi connectivity index (χ2n) is 6.26. The van der Waals surface area contributed by atoms with E-state index in [-0.39, 0.29) is 18.0 Å². The number of aryl methyl sites for hydroxylation is 1. The van der Waals surface area contributed by atoms with Gasteiger partial charge in [0.2, 0.25) is 5.91 Å². The molecule has 0 bridgehead atoms. The van der Waals surface area contributed by atoms with Crippen LogP contribution in [0.3, 0.4) is 0 Å². The summed E-state index contributed by atoms with van der Waals surface area (Å²) in [7, 11) is 0. The molecule has 1 aliphatic rings. The number of hydrogen-bond acceptors (Lipinski definition) is 3. The quantitative estimate of drug-likeness (QED) is 0.777. The molecule has 3 rings (SSSR count).